The molecule has 0 radical (unpaired) electrons. The van der Waals surface area contributed by atoms with Gasteiger partial charge in [-0.2, -0.15) is 0 Å². The highest BCUT2D eigenvalue weighted by Crippen LogP contribution is 2.33. The van der Waals surface area contributed by atoms with Crippen LogP contribution in [-0.2, 0) is 0 Å². The quantitative estimate of drug-likeness (QED) is 0.754. The minimum Gasteiger partial charge on any atom is -0.392 e. The average Bonchev–Trinajstić information content (AvgIpc) is 2.20. The van der Waals surface area contributed by atoms with Crippen LogP contribution in [0.15, 0.2) is 24.3 Å². The van der Waals surface area contributed by atoms with Crippen LogP contribution in [0.2, 0.25) is 5.02 Å². The predicted octanol–water partition coefficient (Wildman–Crippen LogP) is 3.36. The van der Waals surface area contributed by atoms with Crippen LogP contribution >= 0.6 is 11.6 Å². The van der Waals surface area contributed by atoms with Crippen molar-refractivity contribution in [3.05, 3.63) is 34.9 Å². The van der Waals surface area contributed by atoms with Crippen molar-refractivity contribution in [1.29, 1.82) is 0 Å². The van der Waals surface area contributed by atoms with Crippen LogP contribution in [0.3, 0.4) is 0 Å². The molecule has 2 heteroatoms. The van der Waals surface area contributed by atoms with E-state index < -0.39 is 0 Å². The van der Waals surface area contributed by atoms with Crippen molar-refractivity contribution in [3.8, 4) is 0 Å². The lowest BCUT2D eigenvalue weighted by Gasteiger charge is -2.27. The summed E-state index contributed by atoms with van der Waals surface area (Å²) in [4.78, 5) is 0. The highest BCUT2D eigenvalue weighted by Gasteiger charge is 2.24. The first-order valence-corrected chi connectivity index (χ1v) is 5.59. The van der Waals surface area contributed by atoms with Crippen LogP contribution in [-0.4, -0.2) is 11.2 Å². The van der Waals surface area contributed by atoms with Crippen LogP contribution in [0.25, 0.3) is 0 Å². The molecule has 2 rings (SSSR count). The Labute approximate surface area is 89.7 Å². The zero-order valence-electron chi connectivity index (χ0n) is 8.12. The molecule has 14 heavy (non-hydrogen) atoms. The van der Waals surface area contributed by atoms with Crippen molar-refractivity contribution in [2.45, 2.75) is 37.7 Å². The molecule has 0 bridgehead atoms. The van der Waals surface area contributed by atoms with Crippen LogP contribution in [0, 0.1) is 0 Å². The van der Waals surface area contributed by atoms with Crippen LogP contribution in [0.5, 0.6) is 0 Å². The summed E-state index contributed by atoms with van der Waals surface area (Å²) >= 11 is 5.82. The van der Waals surface area contributed by atoms with E-state index in [9.17, 15) is 5.11 Å². The highest BCUT2D eigenvalue weighted by atomic mass is 35.5. The van der Waals surface area contributed by atoms with Gasteiger partial charge in [0.15, 0.2) is 0 Å². The van der Waals surface area contributed by atoms with Crippen molar-refractivity contribution in [2.24, 2.45) is 0 Å². The molecular formula is C12H15ClO. The molecule has 2 atom stereocenters. The first-order valence-electron chi connectivity index (χ1n) is 5.21. The standard InChI is InChI=1S/C12H15ClO/c13-10-7-5-9(6-8-10)11-3-1-2-4-12(11)14/h5-8,11-12,14H,1-4H2/t11-,12+/m1/s1. The fraction of sp³-hybridized carbons (Fsp3) is 0.500. The van der Waals surface area contributed by atoms with Gasteiger partial charge >= 0.3 is 0 Å². The molecule has 1 aliphatic carbocycles. The van der Waals surface area contributed by atoms with Gasteiger partial charge in [0.05, 0.1) is 6.10 Å². The van der Waals surface area contributed by atoms with Gasteiger partial charge < -0.3 is 5.11 Å². The molecule has 0 aliphatic heterocycles. The number of aliphatic hydroxyl groups excluding tert-OH is 1. The van der Waals surface area contributed by atoms with E-state index in [0.29, 0.717) is 5.92 Å². The summed E-state index contributed by atoms with van der Waals surface area (Å²) in [7, 11) is 0. The molecule has 0 unspecified atom stereocenters. The summed E-state index contributed by atoms with van der Waals surface area (Å²) in [6, 6.07) is 7.86. The average molecular weight is 211 g/mol. The second-order valence-corrected chi connectivity index (χ2v) is 4.45. The minimum absolute atomic E-state index is 0.162. The van der Waals surface area contributed by atoms with Gasteiger partial charge in [-0.25, -0.2) is 0 Å². The molecule has 1 aromatic rings. The van der Waals surface area contributed by atoms with Crippen LogP contribution in [0.1, 0.15) is 37.2 Å². The van der Waals surface area contributed by atoms with Crippen molar-refractivity contribution in [2.75, 3.05) is 0 Å². The number of aliphatic hydroxyl groups is 1. The van der Waals surface area contributed by atoms with E-state index in [4.69, 9.17) is 11.6 Å². The number of hydrogen-bond acceptors (Lipinski definition) is 1. The Morgan fingerprint density at radius 3 is 2.36 bits per heavy atom. The van der Waals surface area contributed by atoms with Crippen molar-refractivity contribution in [1.82, 2.24) is 0 Å². The third kappa shape index (κ3) is 2.10. The largest absolute Gasteiger partial charge is 0.392 e. The first-order chi connectivity index (χ1) is 6.77. The van der Waals surface area contributed by atoms with Gasteiger partial charge in [0.1, 0.15) is 0 Å². The van der Waals surface area contributed by atoms with E-state index >= 15 is 0 Å². The fourth-order valence-electron chi connectivity index (χ4n) is 2.21. The van der Waals surface area contributed by atoms with Gasteiger partial charge in [0.25, 0.3) is 0 Å². The van der Waals surface area contributed by atoms with Crippen molar-refractivity contribution < 1.29 is 5.11 Å². The topological polar surface area (TPSA) is 20.2 Å². The molecule has 1 fully saturated rings. The van der Waals surface area contributed by atoms with E-state index in [1.807, 2.05) is 24.3 Å². The Balaban J connectivity index is 2.16. The molecule has 1 nitrogen and oxygen atoms in total. The zero-order chi connectivity index (χ0) is 9.97. The summed E-state index contributed by atoms with van der Waals surface area (Å²) in [6.45, 7) is 0. The molecule has 1 N–H and O–H groups in total. The Kier molecular flexibility index (Phi) is 3.09. The highest BCUT2D eigenvalue weighted by molar-refractivity contribution is 6.30. The number of hydrogen-bond donors (Lipinski definition) is 1. The van der Waals surface area contributed by atoms with E-state index in [0.717, 1.165) is 24.3 Å². The van der Waals surface area contributed by atoms with E-state index in [1.54, 1.807) is 0 Å². The maximum atomic E-state index is 9.86. The Bertz CT molecular complexity index is 294. The lowest BCUT2D eigenvalue weighted by atomic mass is 9.82. The molecule has 0 saturated heterocycles. The smallest absolute Gasteiger partial charge is 0.0608 e. The number of rotatable bonds is 1. The number of halogens is 1. The summed E-state index contributed by atoms with van der Waals surface area (Å²) in [6.07, 6.45) is 4.26. The van der Waals surface area contributed by atoms with Gasteiger partial charge in [-0.05, 0) is 30.5 Å². The molecule has 0 heterocycles. The fourth-order valence-corrected chi connectivity index (χ4v) is 2.34. The summed E-state index contributed by atoms with van der Waals surface area (Å²) in [5, 5.41) is 10.6. The molecule has 76 valence electrons. The van der Waals surface area contributed by atoms with Crippen molar-refractivity contribution in [3.63, 3.8) is 0 Å². The van der Waals surface area contributed by atoms with Gasteiger partial charge in [-0.1, -0.05) is 36.6 Å². The summed E-state index contributed by atoms with van der Waals surface area (Å²) < 4.78 is 0. The van der Waals surface area contributed by atoms with E-state index in [-0.39, 0.29) is 6.10 Å². The zero-order valence-corrected chi connectivity index (χ0v) is 8.87. The van der Waals surface area contributed by atoms with Gasteiger partial charge in [0, 0.05) is 10.9 Å². The van der Waals surface area contributed by atoms with E-state index in [2.05, 4.69) is 0 Å². The molecule has 0 spiro atoms. The second kappa shape index (κ2) is 4.33. The molecule has 1 saturated carbocycles. The summed E-state index contributed by atoms with van der Waals surface area (Å²) in [5.41, 5.74) is 1.22. The minimum atomic E-state index is -0.162. The van der Waals surface area contributed by atoms with Gasteiger partial charge in [-0.15, -0.1) is 0 Å². The predicted molar refractivity (Wildman–Crippen MR) is 58.7 cm³/mol. The Morgan fingerprint density at radius 2 is 1.71 bits per heavy atom. The molecule has 0 amide bonds. The molecule has 1 aromatic carbocycles. The molecule has 0 aromatic heterocycles. The van der Waals surface area contributed by atoms with Crippen molar-refractivity contribution >= 4 is 11.6 Å². The third-order valence-electron chi connectivity index (χ3n) is 3.03. The maximum absolute atomic E-state index is 9.86. The third-order valence-corrected chi connectivity index (χ3v) is 3.28. The SMILES string of the molecule is O[C@H]1CCCC[C@@H]1c1ccc(Cl)cc1. The Morgan fingerprint density at radius 1 is 1.07 bits per heavy atom. The molecule has 1 aliphatic rings. The lowest BCUT2D eigenvalue weighted by molar-refractivity contribution is 0.106. The number of benzene rings is 1. The Hall–Kier alpha value is -0.530. The van der Waals surface area contributed by atoms with E-state index in [1.165, 1.54) is 12.0 Å². The first kappa shape index (κ1) is 10.0. The molecular weight excluding hydrogens is 196 g/mol. The van der Waals surface area contributed by atoms with Gasteiger partial charge in [-0.3, -0.25) is 0 Å². The summed E-state index contributed by atoms with van der Waals surface area (Å²) in [5.74, 6) is 0.320. The van der Waals surface area contributed by atoms with Gasteiger partial charge in [0.2, 0.25) is 0 Å². The maximum Gasteiger partial charge on any atom is 0.0608 e. The normalized spacial score (nSPS) is 27.6. The lowest BCUT2D eigenvalue weighted by Crippen LogP contribution is -2.22. The monoisotopic (exact) mass is 210 g/mol. The van der Waals surface area contributed by atoms with Crippen LogP contribution < -0.4 is 0 Å². The second-order valence-electron chi connectivity index (χ2n) is 4.01. The van der Waals surface area contributed by atoms with Crippen LogP contribution in [0.4, 0.5) is 0 Å².